The highest BCUT2D eigenvalue weighted by molar-refractivity contribution is 7.85. The van der Waals surface area contributed by atoms with Crippen LogP contribution < -0.4 is 0 Å². The summed E-state index contributed by atoms with van der Waals surface area (Å²) < 4.78 is 25.9. The molecule has 0 unspecified atom stereocenters. The van der Waals surface area contributed by atoms with Gasteiger partial charge in [-0.05, 0) is 11.6 Å². The molecule has 16 heavy (non-hydrogen) atoms. The largest absolute Gasteiger partial charge is 0.478 e. The minimum absolute atomic E-state index is 0.715. The normalized spacial score (nSPS) is 10.6. The Morgan fingerprint density at radius 2 is 1.69 bits per heavy atom. The molecule has 0 aliphatic rings. The molecule has 1 aromatic carbocycles. The van der Waals surface area contributed by atoms with Crippen molar-refractivity contribution in [1.82, 2.24) is 0 Å². The Bertz CT molecular complexity index is 439. The van der Waals surface area contributed by atoms with E-state index in [0.29, 0.717) is 6.26 Å². The second kappa shape index (κ2) is 6.76. The molecule has 0 atom stereocenters. The van der Waals surface area contributed by atoms with Gasteiger partial charge in [-0.2, -0.15) is 8.42 Å². The first-order chi connectivity index (χ1) is 7.29. The second-order valence-electron chi connectivity index (χ2n) is 2.82. The maximum absolute atomic E-state index is 10.1. The first kappa shape index (κ1) is 14.3. The highest BCUT2D eigenvalue weighted by Gasteiger charge is 1.86. The summed E-state index contributed by atoms with van der Waals surface area (Å²) in [7, 11) is -3.67. The van der Waals surface area contributed by atoms with E-state index >= 15 is 0 Å². The second-order valence-corrected chi connectivity index (χ2v) is 4.28. The molecule has 0 fully saturated rings. The quantitative estimate of drug-likeness (QED) is 0.604. The van der Waals surface area contributed by atoms with E-state index in [0.717, 1.165) is 11.6 Å². The summed E-state index contributed by atoms with van der Waals surface area (Å²) in [5.41, 5.74) is 0.898. The van der Waals surface area contributed by atoms with Crippen molar-refractivity contribution in [2.24, 2.45) is 0 Å². The Morgan fingerprint density at radius 1 is 1.25 bits per heavy atom. The molecule has 0 aromatic heterocycles. The number of rotatable bonds is 2. The van der Waals surface area contributed by atoms with E-state index in [-0.39, 0.29) is 0 Å². The average molecular weight is 244 g/mol. The number of hydrogen-bond acceptors (Lipinski definition) is 3. The van der Waals surface area contributed by atoms with Crippen molar-refractivity contribution >= 4 is 22.2 Å². The summed E-state index contributed by atoms with van der Waals surface area (Å²) in [6, 6.07) is 9.31. The Labute approximate surface area is 93.8 Å². The number of benzene rings is 1. The van der Waals surface area contributed by atoms with Gasteiger partial charge in [-0.1, -0.05) is 30.3 Å². The minimum Gasteiger partial charge on any atom is -0.478 e. The van der Waals surface area contributed by atoms with Crippen LogP contribution >= 0.6 is 0 Å². The molecule has 0 amide bonds. The molecule has 1 rings (SSSR count). The zero-order valence-electron chi connectivity index (χ0n) is 8.57. The molecule has 0 saturated carbocycles. The van der Waals surface area contributed by atoms with Crippen molar-refractivity contribution in [3.63, 3.8) is 0 Å². The van der Waals surface area contributed by atoms with Crippen LogP contribution in [-0.2, 0) is 14.9 Å². The Morgan fingerprint density at radius 3 is 2.06 bits per heavy atom. The Kier molecular flexibility index (Phi) is 6.06. The van der Waals surface area contributed by atoms with Gasteiger partial charge in [0.05, 0.1) is 6.26 Å². The van der Waals surface area contributed by atoms with Crippen molar-refractivity contribution in [3.8, 4) is 0 Å². The molecule has 5 nitrogen and oxygen atoms in total. The van der Waals surface area contributed by atoms with Crippen LogP contribution in [0.5, 0.6) is 0 Å². The standard InChI is InChI=1S/C9H8O2.CH4O3S/c10-9(11)7-6-8-4-2-1-3-5-8;1-5(2,3)4/h1-7H,(H,10,11);1H3,(H,2,3,4). The first-order valence-corrected chi connectivity index (χ1v) is 6.02. The number of carboxylic acids is 1. The lowest BCUT2D eigenvalue weighted by atomic mass is 10.2. The zero-order chi connectivity index (χ0) is 12.6. The fourth-order valence-electron chi connectivity index (χ4n) is 0.732. The third-order valence-corrected chi connectivity index (χ3v) is 1.22. The van der Waals surface area contributed by atoms with Gasteiger partial charge < -0.3 is 5.11 Å². The van der Waals surface area contributed by atoms with Gasteiger partial charge >= 0.3 is 5.97 Å². The SMILES string of the molecule is CS(=O)(=O)O.O=C(O)C=Cc1ccccc1. The topological polar surface area (TPSA) is 91.7 Å². The molecular formula is C10H12O5S. The predicted octanol–water partition coefficient (Wildman–Crippen LogP) is 1.29. The van der Waals surface area contributed by atoms with E-state index in [9.17, 15) is 13.2 Å². The van der Waals surface area contributed by atoms with Crippen LogP contribution in [0.2, 0.25) is 0 Å². The van der Waals surface area contributed by atoms with Crippen LogP contribution in [0.1, 0.15) is 5.56 Å². The zero-order valence-corrected chi connectivity index (χ0v) is 9.39. The third kappa shape index (κ3) is 12.3. The molecule has 88 valence electrons. The minimum atomic E-state index is -3.67. The smallest absolute Gasteiger partial charge is 0.328 e. The molecule has 0 bridgehead atoms. The Hall–Kier alpha value is -1.66. The fraction of sp³-hybridized carbons (Fsp3) is 0.100. The summed E-state index contributed by atoms with van der Waals surface area (Å²) in [4.78, 5) is 10.1. The van der Waals surface area contributed by atoms with Gasteiger partial charge in [-0.3, -0.25) is 4.55 Å². The highest BCUT2D eigenvalue weighted by Crippen LogP contribution is 1.99. The lowest BCUT2D eigenvalue weighted by Gasteiger charge is -1.87. The van der Waals surface area contributed by atoms with Crippen molar-refractivity contribution < 1.29 is 22.9 Å². The van der Waals surface area contributed by atoms with E-state index in [1.54, 1.807) is 6.08 Å². The summed E-state index contributed by atoms with van der Waals surface area (Å²) >= 11 is 0. The number of aliphatic carboxylic acids is 1. The molecule has 0 saturated heterocycles. The van der Waals surface area contributed by atoms with Crippen LogP contribution in [0.4, 0.5) is 0 Å². The van der Waals surface area contributed by atoms with Crippen LogP contribution in [0.15, 0.2) is 36.4 Å². The van der Waals surface area contributed by atoms with E-state index in [2.05, 4.69) is 0 Å². The molecule has 0 aliphatic heterocycles. The summed E-state index contributed by atoms with van der Waals surface area (Å²) in [5, 5.41) is 8.29. The maximum atomic E-state index is 10.1. The van der Waals surface area contributed by atoms with E-state index in [1.165, 1.54) is 0 Å². The van der Waals surface area contributed by atoms with E-state index in [4.69, 9.17) is 9.66 Å². The summed E-state index contributed by atoms with van der Waals surface area (Å²) in [6.07, 6.45) is 3.39. The van der Waals surface area contributed by atoms with Crippen LogP contribution in [0.25, 0.3) is 6.08 Å². The van der Waals surface area contributed by atoms with Crippen LogP contribution in [0, 0.1) is 0 Å². The summed E-state index contributed by atoms with van der Waals surface area (Å²) in [6.45, 7) is 0. The molecule has 0 spiro atoms. The van der Waals surface area contributed by atoms with E-state index in [1.807, 2.05) is 30.3 Å². The lowest BCUT2D eigenvalue weighted by Crippen LogP contribution is -1.88. The summed E-state index contributed by atoms with van der Waals surface area (Å²) in [5.74, 6) is -0.922. The predicted molar refractivity (Wildman–Crippen MR) is 60.6 cm³/mol. The van der Waals surface area contributed by atoms with Crippen molar-refractivity contribution in [2.45, 2.75) is 0 Å². The Balaban J connectivity index is 0.000000385. The van der Waals surface area contributed by atoms with Crippen molar-refractivity contribution in [3.05, 3.63) is 42.0 Å². The molecule has 0 heterocycles. The lowest BCUT2D eigenvalue weighted by molar-refractivity contribution is -0.131. The fourth-order valence-corrected chi connectivity index (χ4v) is 0.732. The first-order valence-electron chi connectivity index (χ1n) is 4.17. The number of carboxylic acid groups (broad SMARTS) is 1. The van der Waals surface area contributed by atoms with Crippen molar-refractivity contribution in [1.29, 1.82) is 0 Å². The highest BCUT2D eigenvalue weighted by atomic mass is 32.2. The molecule has 1 aromatic rings. The maximum Gasteiger partial charge on any atom is 0.328 e. The van der Waals surface area contributed by atoms with Gasteiger partial charge in [0.15, 0.2) is 0 Å². The molecule has 0 radical (unpaired) electrons. The van der Waals surface area contributed by atoms with Gasteiger partial charge in [-0.15, -0.1) is 0 Å². The van der Waals surface area contributed by atoms with Gasteiger partial charge in [-0.25, -0.2) is 4.79 Å². The molecule has 6 heteroatoms. The average Bonchev–Trinajstić information content (AvgIpc) is 2.14. The van der Waals surface area contributed by atoms with Gasteiger partial charge in [0.25, 0.3) is 10.1 Å². The monoisotopic (exact) mass is 244 g/mol. The number of hydrogen-bond donors (Lipinski definition) is 2. The van der Waals surface area contributed by atoms with Gasteiger partial charge in [0.1, 0.15) is 0 Å². The number of carbonyl (C=O) groups is 1. The molecule has 2 N–H and O–H groups in total. The van der Waals surface area contributed by atoms with E-state index < -0.39 is 16.1 Å². The van der Waals surface area contributed by atoms with Crippen LogP contribution in [-0.4, -0.2) is 30.3 Å². The molecule has 0 aliphatic carbocycles. The van der Waals surface area contributed by atoms with Crippen molar-refractivity contribution in [2.75, 3.05) is 6.26 Å². The van der Waals surface area contributed by atoms with Crippen LogP contribution in [0.3, 0.4) is 0 Å². The molecular weight excluding hydrogens is 232 g/mol. The van der Waals surface area contributed by atoms with Gasteiger partial charge in [0.2, 0.25) is 0 Å². The third-order valence-electron chi connectivity index (χ3n) is 1.22. The van der Waals surface area contributed by atoms with Gasteiger partial charge in [0, 0.05) is 6.08 Å².